The van der Waals surface area contributed by atoms with Crippen molar-refractivity contribution in [2.24, 2.45) is 0 Å². The Hall–Kier alpha value is -2.74. The van der Waals surface area contributed by atoms with Crippen LogP contribution in [0.1, 0.15) is 11.1 Å². The summed E-state index contributed by atoms with van der Waals surface area (Å²) in [7, 11) is -3.63. The highest BCUT2D eigenvalue weighted by Crippen LogP contribution is 2.25. The van der Waals surface area contributed by atoms with Crippen LogP contribution >= 0.6 is 0 Å². The maximum atomic E-state index is 13.0. The number of rotatable bonds is 5. The van der Waals surface area contributed by atoms with Crippen LogP contribution in [0, 0.1) is 6.92 Å². The standard InChI is InChI=1S/C23H24N2O4S/c1-17-6-9-21(16-22(17)30(27,28)25-10-12-29-13-11-25)24-23(26)15-18-7-8-19-4-2-3-5-20(19)14-18/h2-9,14,16H,10-13,15H2,1H3,(H,24,26). The Labute approximate surface area is 176 Å². The van der Waals surface area contributed by atoms with Crippen LogP contribution in [-0.2, 0) is 26.0 Å². The van der Waals surface area contributed by atoms with Crippen molar-refractivity contribution in [3.05, 3.63) is 71.8 Å². The second-order valence-electron chi connectivity index (χ2n) is 7.40. The van der Waals surface area contributed by atoms with E-state index in [1.807, 2.05) is 42.5 Å². The fourth-order valence-corrected chi connectivity index (χ4v) is 5.28. The van der Waals surface area contributed by atoms with Crippen molar-refractivity contribution in [1.29, 1.82) is 0 Å². The third-order valence-electron chi connectivity index (χ3n) is 5.24. The van der Waals surface area contributed by atoms with Crippen molar-refractivity contribution in [2.45, 2.75) is 18.2 Å². The first-order chi connectivity index (χ1) is 14.4. The summed E-state index contributed by atoms with van der Waals surface area (Å²) in [4.78, 5) is 12.8. The maximum Gasteiger partial charge on any atom is 0.243 e. The molecule has 3 aromatic carbocycles. The molecule has 156 valence electrons. The van der Waals surface area contributed by atoms with Gasteiger partial charge in [0.05, 0.1) is 24.5 Å². The van der Waals surface area contributed by atoms with Gasteiger partial charge >= 0.3 is 0 Å². The Morgan fingerprint density at radius 2 is 1.73 bits per heavy atom. The van der Waals surface area contributed by atoms with Crippen LogP contribution in [0.4, 0.5) is 5.69 Å². The Morgan fingerprint density at radius 1 is 1.00 bits per heavy atom. The minimum Gasteiger partial charge on any atom is -0.379 e. The highest BCUT2D eigenvalue weighted by Gasteiger charge is 2.28. The molecule has 1 aliphatic heterocycles. The molecule has 1 amide bonds. The fraction of sp³-hybridized carbons (Fsp3) is 0.261. The van der Waals surface area contributed by atoms with E-state index in [1.54, 1.807) is 25.1 Å². The van der Waals surface area contributed by atoms with Crippen molar-refractivity contribution in [3.8, 4) is 0 Å². The molecule has 0 aromatic heterocycles. The Bertz CT molecular complexity index is 1180. The number of amides is 1. The van der Waals surface area contributed by atoms with Gasteiger partial charge < -0.3 is 10.1 Å². The molecule has 0 saturated carbocycles. The zero-order valence-corrected chi connectivity index (χ0v) is 17.6. The van der Waals surface area contributed by atoms with Gasteiger partial charge in [-0.2, -0.15) is 4.31 Å². The van der Waals surface area contributed by atoms with Gasteiger partial charge in [0.1, 0.15) is 0 Å². The van der Waals surface area contributed by atoms with E-state index in [4.69, 9.17) is 4.74 Å². The van der Waals surface area contributed by atoms with Crippen molar-refractivity contribution >= 4 is 32.4 Å². The maximum absolute atomic E-state index is 13.0. The van der Waals surface area contributed by atoms with E-state index in [1.165, 1.54) is 4.31 Å². The summed E-state index contributed by atoms with van der Waals surface area (Å²) in [5.74, 6) is -0.191. The van der Waals surface area contributed by atoms with Crippen molar-refractivity contribution in [1.82, 2.24) is 4.31 Å². The number of fused-ring (bicyclic) bond motifs is 1. The number of hydrogen-bond acceptors (Lipinski definition) is 4. The van der Waals surface area contributed by atoms with Gasteiger partial charge in [0.25, 0.3) is 0 Å². The van der Waals surface area contributed by atoms with Crippen LogP contribution in [0.3, 0.4) is 0 Å². The van der Waals surface area contributed by atoms with Crippen molar-refractivity contribution < 1.29 is 17.9 Å². The zero-order chi connectivity index (χ0) is 21.1. The lowest BCUT2D eigenvalue weighted by Gasteiger charge is -2.26. The monoisotopic (exact) mass is 424 g/mol. The molecule has 4 rings (SSSR count). The van der Waals surface area contributed by atoms with E-state index in [-0.39, 0.29) is 17.2 Å². The van der Waals surface area contributed by atoms with Gasteiger partial charge in [-0.05, 0) is 41.0 Å². The van der Waals surface area contributed by atoms with E-state index in [0.717, 1.165) is 16.3 Å². The minimum absolute atomic E-state index is 0.191. The molecule has 1 fully saturated rings. The van der Waals surface area contributed by atoms with Crippen LogP contribution < -0.4 is 5.32 Å². The summed E-state index contributed by atoms with van der Waals surface area (Å²) < 4.78 is 32.7. The molecule has 1 saturated heterocycles. The first-order valence-electron chi connectivity index (χ1n) is 9.89. The number of carbonyl (C=O) groups excluding carboxylic acids is 1. The molecule has 0 spiro atoms. The molecule has 0 radical (unpaired) electrons. The van der Waals surface area contributed by atoms with Crippen LogP contribution in [0.2, 0.25) is 0 Å². The predicted molar refractivity (Wildman–Crippen MR) is 117 cm³/mol. The lowest BCUT2D eigenvalue weighted by Crippen LogP contribution is -2.40. The molecular formula is C23H24N2O4S. The molecule has 0 unspecified atom stereocenters. The second kappa shape index (κ2) is 8.55. The number of hydrogen-bond donors (Lipinski definition) is 1. The number of nitrogens with one attached hydrogen (secondary N) is 1. The number of benzene rings is 3. The first-order valence-corrected chi connectivity index (χ1v) is 11.3. The number of morpholine rings is 1. The number of ether oxygens (including phenoxy) is 1. The predicted octanol–water partition coefficient (Wildman–Crippen LogP) is 3.35. The molecule has 6 nitrogen and oxygen atoms in total. The van der Waals surface area contributed by atoms with E-state index in [2.05, 4.69) is 5.32 Å². The largest absolute Gasteiger partial charge is 0.379 e. The zero-order valence-electron chi connectivity index (χ0n) is 16.8. The summed E-state index contributed by atoms with van der Waals surface area (Å²) in [6.07, 6.45) is 0.213. The van der Waals surface area contributed by atoms with Gasteiger partial charge in [-0.25, -0.2) is 8.42 Å². The fourth-order valence-electron chi connectivity index (χ4n) is 3.62. The molecule has 0 atom stereocenters. The van der Waals surface area contributed by atoms with Crippen LogP contribution in [0.5, 0.6) is 0 Å². The molecule has 0 aliphatic carbocycles. The average molecular weight is 425 g/mol. The third-order valence-corrected chi connectivity index (χ3v) is 7.28. The highest BCUT2D eigenvalue weighted by molar-refractivity contribution is 7.89. The summed E-state index contributed by atoms with van der Waals surface area (Å²) in [5, 5.41) is 5.04. The number of sulfonamides is 1. The quantitative estimate of drug-likeness (QED) is 0.682. The Morgan fingerprint density at radius 3 is 2.50 bits per heavy atom. The van der Waals surface area contributed by atoms with E-state index in [9.17, 15) is 13.2 Å². The van der Waals surface area contributed by atoms with Gasteiger partial charge in [-0.15, -0.1) is 0 Å². The number of nitrogens with zero attached hydrogens (tertiary/aromatic N) is 1. The lowest BCUT2D eigenvalue weighted by molar-refractivity contribution is -0.115. The van der Waals surface area contributed by atoms with Gasteiger partial charge in [-0.3, -0.25) is 4.79 Å². The molecule has 3 aromatic rings. The molecule has 1 heterocycles. The topological polar surface area (TPSA) is 75.7 Å². The van der Waals surface area contributed by atoms with Crippen LogP contribution in [0.15, 0.2) is 65.6 Å². The smallest absolute Gasteiger partial charge is 0.243 e. The molecule has 1 aliphatic rings. The Balaban J connectivity index is 1.51. The van der Waals surface area contributed by atoms with Gasteiger partial charge in [0.2, 0.25) is 15.9 Å². The molecule has 1 N–H and O–H groups in total. The normalized spacial score (nSPS) is 15.2. The average Bonchev–Trinajstić information content (AvgIpc) is 2.75. The van der Waals surface area contributed by atoms with E-state index < -0.39 is 10.0 Å². The van der Waals surface area contributed by atoms with E-state index in [0.29, 0.717) is 37.6 Å². The molecule has 30 heavy (non-hydrogen) atoms. The third kappa shape index (κ3) is 4.38. The summed E-state index contributed by atoms with van der Waals surface area (Å²) in [6, 6.07) is 18.9. The van der Waals surface area contributed by atoms with Crippen molar-refractivity contribution in [2.75, 3.05) is 31.6 Å². The molecule has 7 heteroatoms. The van der Waals surface area contributed by atoms with Crippen LogP contribution in [-0.4, -0.2) is 44.9 Å². The summed E-state index contributed by atoms with van der Waals surface area (Å²) >= 11 is 0. The number of anilines is 1. The summed E-state index contributed by atoms with van der Waals surface area (Å²) in [6.45, 7) is 3.20. The lowest BCUT2D eigenvalue weighted by atomic mass is 10.0. The second-order valence-corrected chi connectivity index (χ2v) is 9.31. The van der Waals surface area contributed by atoms with Gasteiger partial charge in [0.15, 0.2) is 0 Å². The molecular weight excluding hydrogens is 400 g/mol. The minimum atomic E-state index is -3.63. The van der Waals surface area contributed by atoms with Crippen LogP contribution in [0.25, 0.3) is 10.8 Å². The van der Waals surface area contributed by atoms with Gasteiger partial charge in [-0.1, -0.05) is 48.5 Å². The molecule has 0 bridgehead atoms. The Kier molecular flexibility index (Phi) is 5.85. The number of aryl methyl sites for hydroxylation is 1. The van der Waals surface area contributed by atoms with E-state index >= 15 is 0 Å². The SMILES string of the molecule is Cc1ccc(NC(=O)Cc2ccc3ccccc3c2)cc1S(=O)(=O)N1CCOCC1. The van der Waals surface area contributed by atoms with Gasteiger partial charge in [0, 0.05) is 18.8 Å². The first kappa shape index (κ1) is 20.5. The number of carbonyl (C=O) groups is 1. The highest BCUT2D eigenvalue weighted by atomic mass is 32.2. The summed E-state index contributed by atoms with van der Waals surface area (Å²) in [5.41, 5.74) is 2.02. The van der Waals surface area contributed by atoms with Crippen molar-refractivity contribution in [3.63, 3.8) is 0 Å².